The van der Waals surface area contributed by atoms with E-state index in [0.29, 0.717) is 5.56 Å². The van der Waals surface area contributed by atoms with Gasteiger partial charge in [0.25, 0.3) is 5.91 Å². The molecule has 3 aromatic carbocycles. The molecule has 4 rings (SSSR count). The summed E-state index contributed by atoms with van der Waals surface area (Å²) in [5, 5.41) is 3.95. The fraction of sp³-hybridized carbons (Fsp3) is 0.120. The van der Waals surface area contributed by atoms with Crippen LogP contribution in [0.3, 0.4) is 0 Å². The van der Waals surface area contributed by atoms with Crippen molar-refractivity contribution in [1.29, 1.82) is 0 Å². The maximum Gasteiger partial charge on any atom is 0.256 e. The first kappa shape index (κ1) is 17.9. The molecule has 0 unspecified atom stereocenters. The zero-order valence-electron chi connectivity index (χ0n) is 16.3. The average Bonchev–Trinajstić information content (AvgIpc) is 2.67. The molecule has 3 heteroatoms. The number of nitrogens with one attached hydrogen (secondary N) is 1. The number of hydrogen-bond acceptors (Lipinski definition) is 2. The van der Waals surface area contributed by atoms with Crippen molar-refractivity contribution in [3.05, 3.63) is 95.1 Å². The van der Waals surface area contributed by atoms with Crippen LogP contribution in [-0.4, -0.2) is 10.9 Å². The number of amides is 1. The molecule has 1 N–H and O–H groups in total. The van der Waals surface area contributed by atoms with E-state index in [1.807, 2.05) is 87.5 Å². The van der Waals surface area contributed by atoms with E-state index in [-0.39, 0.29) is 5.91 Å². The molecular weight excluding hydrogens is 344 g/mol. The van der Waals surface area contributed by atoms with Crippen molar-refractivity contribution in [2.24, 2.45) is 0 Å². The predicted octanol–water partition coefficient (Wildman–Crippen LogP) is 6.08. The third kappa shape index (κ3) is 3.39. The topological polar surface area (TPSA) is 42.0 Å². The van der Waals surface area contributed by atoms with E-state index in [1.165, 1.54) is 0 Å². The van der Waals surface area contributed by atoms with Crippen LogP contribution in [0.25, 0.3) is 22.2 Å². The lowest BCUT2D eigenvalue weighted by Crippen LogP contribution is -2.15. The predicted molar refractivity (Wildman–Crippen MR) is 116 cm³/mol. The van der Waals surface area contributed by atoms with Crippen LogP contribution >= 0.6 is 0 Å². The average molecular weight is 366 g/mol. The SMILES string of the molecule is Cc1cc(C)cc(NC(=O)c2c(C)c(-c3ccccc3)nc3ccccc23)c1. The van der Waals surface area contributed by atoms with Crippen LogP contribution in [0.1, 0.15) is 27.0 Å². The van der Waals surface area contributed by atoms with Gasteiger partial charge in [-0.15, -0.1) is 0 Å². The van der Waals surface area contributed by atoms with Gasteiger partial charge < -0.3 is 5.32 Å². The van der Waals surface area contributed by atoms with Gasteiger partial charge in [0.15, 0.2) is 0 Å². The minimum atomic E-state index is -0.113. The van der Waals surface area contributed by atoms with E-state index < -0.39 is 0 Å². The molecule has 0 radical (unpaired) electrons. The van der Waals surface area contributed by atoms with Gasteiger partial charge in [0, 0.05) is 16.6 Å². The van der Waals surface area contributed by atoms with Gasteiger partial charge in [0.2, 0.25) is 0 Å². The van der Waals surface area contributed by atoms with E-state index in [4.69, 9.17) is 4.98 Å². The van der Waals surface area contributed by atoms with Gasteiger partial charge in [0.1, 0.15) is 0 Å². The van der Waals surface area contributed by atoms with E-state index in [0.717, 1.165) is 44.5 Å². The number of fused-ring (bicyclic) bond motifs is 1. The zero-order valence-corrected chi connectivity index (χ0v) is 16.3. The van der Waals surface area contributed by atoms with Crippen LogP contribution in [0.2, 0.25) is 0 Å². The molecule has 0 saturated heterocycles. The number of carbonyl (C=O) groups is 1. The number of pyridine rings is 1. The largest absolute Gasteiger partial charge is 0.322 e. The molecule has 0 aliphatic rings. The summed E-state index contributed by atoms with van der Waals surface area (Å²) < 4.78 is 0. The number of aromatic nitrogens is 1. The highest BCUT2D eigenvalue weighted by molar-refractivity contribution is 6.14. The van der Waals surface area contributed by atoms with Gasteiger partial charge in [-0.3, -0.25) is 4.79 Å². The Bertz CT molecular complexity index is 1160. The molecule has 4 aromatic rings. The van der Waals surface area contributed by atoms with Crippen molar-refractivity contribution in [2.45, 2.75) is 20.8 Å². The van der Waals surface area contributed by atoms with Crippen molar-refractivity contribution >= 4 is 22.5 Å². The van der Waals surface area contributed by atoms with Gasteiger partial charge in [-0.1, -0.05) is 54.6 Å². The Morgan fingerprint density at radius 1 is 0.821 bits per heavy atom. The lowest BCUT2D eigenvalue weighted by atomic mass is 9.97. The number of anilines is 1. The number of carbonyl (C=O) groups excluding carboxylic acids is 1. The van der Waals surface area contributed by atoms with Crippen LogP contribution in [-0.2, 0) is 0 Å². The van der Waals surface area contributed by atoms with Crippen LogP contribution in [0.15, 0.2) is 72.8 Å². The molecule has 138 valence electrons. The van der Waals surface area contributed by atoms with Crippen molar-refractivity contribution in [1.82, 2.24) is 4.98 Å². The van der Waals surface area contributed by atoms with E-state index in [1.54, 1.807) is 0 Å². The van der Waals surface area contributed by atoms with Crippen molar-refractivity contribution in [3.8, 4) is 11.3 Å². The normalized spacial score (nSPS) is 10.8. The second kappa shape index (κ2) is 7.28. The van der Waals surface area contributed by atoms with Crippen molar-refractivity contribution in [2.75, 3.05) is 5.32 Å². The van der Waals surface area contributed by atoms with Crippen molar-refractivity contribution in [3.63, 3.8) is 0 Å². The van der Waals surface area contributed by atoms with Crippen LogP contribution in [0, 0.1) is 20.8 Å². The molecule has 1 heterocycles. The Kier molecular flexibility index (Phi) is 4.66. The quantitative estimate of drug-likeness (QED) is 0.477. The Morgan fingerprint density at radius 3 is 2.18 bits per heavy atom. The summed E-state index contributed by atoms with van der Waals surface area (Å²) in [7, 11) is 0. The fourth-order valence-electron chi connectivity index (χ4n) is 3.72. The summed E-state index contributed by atoms with van der Waals surface area (Å²) in [5.41, 5.74) is 7.27. The molecule has 0 fully saturated rings. The second-order valence-electron chi connectivity index (χ2n) is 7.17. The van der Waals surface area contributed by atoms with Gasteiger partial charge in [-0.2, -0.15) is 0 Å². The first-order valence-electron chi connectivity index (χ1n) is 9.37. The maximum atomic E-state index is 13.3. The maximum absolute atomic E-state index is 13.3. The number of hydrogen-bond donors (Lipinski definition) is 1. The molecule has 0 aliphatic carbocycles. The molecule has 0 bridgehead atoms. The molecule has 0 atom stereocenters. The minimum Gasteiger partial charge on any atom is -0.322 e. The Morgan fingerprint density at radius 2 is 1.46 bits per heavy atom. The smallest absolute Gasteiger partial charge is 0.256 e. The van der Waals surface area contributed by atoms with E-state index >= 15 is 0 Å². The summed E-state index contributed by atoms with van der Waals surface area (Å²) >= 11 is 0. The molecule has 1 aromatic heterocycles. The lowest BCUT2D eigenvalue weighted by molar-refractivity contribution is 0.102. The van der Waals surface area contributed by atoms with E-state index in [2.05, 4.69) is 11.4 Å². The Hall–Kier alpha value is -3.46. The van der Waals surface area contributed by atoms with Gasteiger partial charge in [0.05, 0.1) is 16.8 Å². The highest BCUT2D eigenvalue weighted by Crippen LogP contribution is 2.30. The van der Waals surface area contributed by atoms with Crippen LogP contribution in [0.4, 0.5) is 5.69 Å². The third-order valence-electron chi connectivity index (χ3n) is 4.89. The molecule has 0 saturated carbocycles. The van der Waals surface area contributed by atoms with Crippen LogP contribution < -0.4 is 5.32 Å². The molecule has 0 aliphatic heterocycles. The standard InChI is InChI=1S/C25H22N2O/c1-16-13-17(2)15-20(14-16)26-25(28)23-18(3)24(19-9-5-4-6-10-19)27-22-12-8-7-11-21(22)23/h4-15H,1-3H3,(H,26,28). The number of para-hydroxylation sites is 1. The van der Waals surface area contributed by atoms with E-state index in [9.17, 15) is 4.79 Å². The first-order chi connectivity index (χ1) is 13.5. The molecular formula is C25H22N2O. The number of nitrogens with zero attached hydrogens (tertiary/aromatic N) is 1. The molecule has 0 spiro atoms. The summed E-state index contributed by atoms with van der Waals surface area (Å²) in [4.78, 5) is 18.2. The number of benzene rings is 3. The monoisotopic (exact) mass is 366 g/mol. The highest BCUT2D eigenvalue weighted by atomic mass is 16.1. The molecule has 3 nitrogen and oxygen atoms in total. The van der Waals surface area contributed by atoms with Gasteiger partial charge in [-0.25, -0.2) is 4.98 Å². The zero-order chi connectivity index (χ0) is 19.7. The first-order valence-corrected chi connectivity index (χ1v) is 9.37. The minimum absolute atomic E-state index is 0.113. The number of rotatable bonds is 3. The fourth-order valence-corrected chi connectivity index (χ4v) is 3.72. The van der Waals surface area contributed by atoms with Crippen molar-refractivity contribution < 1.29 is 4.79 Å². The summed E-state index contributed by atoms with van der Waals surface area (Å²) in [6.45, 7) is 6.03. The summed E-state index contributed by atoms with van der Waals surface area (Å²) in [6.07, 6.45) is 0. The van der Waals surface area contributed by atoms with Crippen LogP contribution in [0.5, 0.6) is 0 Å². The lowest BCUT2D eigenvalue weighted by Gasteiger charge is -2.15. The summed E-state index contributed by atoms with van der Waals surface area (Å²) in [6, 6.07) is 23.9. The highest BCUT2D eigenvalue weighted by Gasteiger charge is 2.19. The number of aryl methyl sites for hydroxylation is 2. The third-order valence-corrected chi connectivity index (χ3v) is 4.89. The van der Waals surface area contributed by atoms with Gasteiger partial charge >= 0.3 is 0 Å². The van der Waals surface area contributed by atoms with Gasteiger partial charge in [-0.05, 0) is 55.7 Å². The molecule has 28 heavy (non-hydrogen) atoms. The second-order valence-corrected chi connectivity index (χ2v) is 7.17. The summed E-state index contributed by atoms with van der Waals surface area (Å²) in [5.74, 6) is -0.113. The molecule has 1 amide bonds. The Balaban J connectivity index is 1.87. The Labute approximate surface area is 165 Å².